The van der Waals surface area contributed by atoms with Crippen LogP contribution >= 0.6 is 0 Å². The van der Waals surface area contributed by atoms with Gasteiger partial charge in [-0.25, -0.2) is 0 Å². The summed E-state index contributed by atoms with van der Waals surface area (Å²) in [5, 5.41) is 0. The van der Waals surface area contributed by atoms with Crippen molar-refractivity contribution in [2.45, 2.75) is 6.92 Å². The maximum atomic E-state index is 10.7. The van der Waals surface area contributed by atoms with Crippen LogP contribution in [0.2, 0.25) is 0 Å². The van der Waals surface area contributed by atoms with Crippen molar-refractivity contribution in [1.29, 1.82) is 0 Å². The molecule has 0 radical (unpaired) electrons. The fourth-order valence-corrected chi connectivity index (χ4v) is 0.715. The van der Waals surface area contributed by atoms with E-state index < -0.39 is 0 Å². The van der Waals surface area contributed by atoms with E-state index in [9.17, 15) is 4.79 Å². The van der Waals surface area contributed by atoms with Gasteiger partial charge in [-0.3, -0.25) is 4.79 Å². The first-order valence-electron chi connectivity index (χ1n) is 2.88. The van der Waals surface area contributed by atoms with Crippen molar-refractivity contribution >= 4 is 5.78 Å². The van der Waals surface area contributed by atoms with Gasteiger partial charge in [-0.05, 0) is 0 Å². The van der Waals surface area contributed by atoms with Gasteiger partial charge in [0.2, 0.25) is 5.76 Å². The fourth-order valence-electron chi connectivity index (χ4n) is 0.715. The van der Waals surface area contributed by atoms with Crippen molar-refractivity contribution in [2.75, 3.05) is 7.11 Å². The third-order valence-electron chi connectivity index (χ3n) is 1.17. The molecule has 3 heteroatoms. The smallest absolute Gasteiger partial charge is 0.210 e. The molecule has 0 spiro atoms. The van der Waals surface area contributed by atoms with Crippen LogP contribution in [0.5, 0.6) is 5.75 Å². The van der Waals surface area contributed by atoms with Gasteiger partial charge in [-0.1, -0.05) is 0 Å². The molecule has 0 N–H and O–H groups in total. The predicted octanol–water partition coefficient (Wildman–Crippen LogP) is 1.49. The zero-order valence-corrected chi connectivity index (χ0v) is 5.88. The number of ketones is 1. The van der Waals surface area contributed by atoms with Gasteiger partial charge in [0.15, 0.2) is 11.5 Å². The summed E-state index contributed by atoms with van der Waals surface area (Å²) in [7, 11) is 1.50. The standard InChI is InChI=1S/C7H8O3/c1-5(8)7-6(9-2)3-4-10-7/h3-4H,1-2H3. The second kappa shape index (κ2) is 2.56. The summed E-state index contributed by atoms with van der Waals surface area (Å²) < 4.78 is 9.67. The summed E-state index contributed by atoms with van der Waals surface area (Å²) in [5.41, 5.74) is 0. The highest BCUT2D eigenvalue weighted by Crippen LogP contribution is 2.18. The lowest BCUT2D eigenvalue weighted by atomic mass is 10.3. The van der Waals surface area contributed by atoms with Crippen LogP contribution in [-0.2, 0) is 0 Å². The van der Waals surface area contributed by atoms with E-state index in [0.717, 1.165) is 0 Å². The summed E-state index contributed by atoms with van der Waals surface area (Å²) in [4.78, 5) is 10.7. The molecule has 10 heavy (non-hydrogen) atoms. The summed E-state index contributed by atoms with van der Waals surface area (Å²) in [6.07, 6.45) is 1.43. The molecule has 0 amide bonds. The highest BCUT2D eigenvalue weighted by Gasteiger charge is 2.09. The van der Waals surface area contributed by atoms with Gasteiger partial charge in [0, 0.05) is 13.0 Å². The van der Waals surface area contributed by atoms with Crippen molar-refractivity contribution in [3.63, 3.8) is 0 Å². The van der Waals surface area contributed by atoms with Crippen LogP contribution < -0.4 is 4.74 Å². The first kappa shape index (κ1) is 6.86. The van der Waals surface area contributed by atoms with Gasteiger partial charge < -0.3 is 9.15 Å². The van der Waals surface area contributed by atoms with Crippen LogP contribution in [0.25, 0.3) is 0 Å². The Labute approximate surface area is 58.6 Å². The molecule has 0 aliphatic rings. The Hall–Kier alpha value is -1.25. The third-order valence-corrected chi connectivity index (χ3v) is 1.17. The topological polar surface area (TPSA) is 39.4 Å². The lowest BCUT2D eigenvalue weighted by molar-refractivity contribution is 0.0983. The number of hydrogen-bond donors (Lipinski definition) is 0. The maximum Gasteiger partial charge on any atom is 0.210 e. The van der Waals surface area contributed by atoms with Crippen molar-refractivity contribution in [1.82, 2.24) is 0 Å². The van der Waals surface area contributed by atoms with Gasteiger partial charge in [0.1, 0.15) is 0 Å². The highest BCUT2D eigenvalue weighted by atomic mass is 16.5. The summed E-state index contributed by atoms with van der Waals surface area (Å²) in [5.74, 6) is 0.650. The molecule has 0 saturated heterocycles. The number of methoxy groups -OCH3 is 1. The average molecular weight is 140 g/mol. The largest absolute Gasteiger partial charge is 0.493 e. The Balaban J connectivity index is 3.01. The molecule has 1 aromatic rings. The third kappa shape index (κ3) is 1.03. The molecule has 0 bridgehead atoms. The van der Waals surface area contributed by atoms with Crippen LogP contribution in [0.3, 0.4) is 0 Å². The molecular formula is C7H8O3. The minimum absolute atomic E-state index is 0.123. The van der Waals surface area contributed by atoms with Gasteiger partial charge in [-0.15, -0.1) is 0 Å². The molecule has 0 fully saturated rings. The minimum Gasteiger partial charge on any atom is -0.493 e. The van der Waals surface area contributed by atoms with E-state index in [0.29, 0.717) is 5.75 Å². The first-order chi connectivity index (χ1) is 4.75. The van der Waals surface area contributed by atoms with E-state index in [2.05, 4.69) is 0 Å². The number of carbonyl (C=O) groups is 1. The summed E-state index contributed by atoms with van der Waals surface area (Å²) >= 11 is 0. The molecule has 3 nitrogen and oxygen atoms in total. The Morgan fingerprint density at radius 3 is 2.80 bits per heavy atom. The summed E-state index contributed by atoms with van der Waals surface area (Å²) in [6.45, 7) is 1.43. The van der Waals surface area contributed by atoms with E-state index in [-0.39, 0.29) is 11.5 Å². The van der Waals surface area contributed by atoms with Crippen molar-refractivity contribution < 1.29 is 13.9 Å². The SMILES string of the molecule is COc1ccoc1C(C)=O. The number of Topliss-reactive ketones (excluding diaryl/α,β-unsaturated/α-hetero) is 1. The minimum atomic E-state index is -0.123. The van der Waals surface area contributed by atoms with Crippen LogP contribution in [0.4, 0.5) is 0 Å². The highest BCUT2D eigenvalue weighted by molar-refractivity contribution is 5.93. The Morgan fingerprint density at radius 1 is 1.70 bits per heavy atom. The fraction of sp³-hybridized carbons (Fsp3) is 0.286. The second-order valence-electron chi connectivity index (χ2n) is 1.87. The number of hydrogen-bond acceptors (Lipinski definition) is 3. The number of rotatable bonds is 2. The van der Waals surface area contributed by atoms with Crippen LogP contribution in [0, 0.1) is 0 Å². The van der Waals surface area contributed by atoms with Gasteiger partial charge in [-0.2, -0.15) is 0 Å². The molecule has 0 unspecified atom stereocenters. The van der Waals surface area contributed by atoms with Crippen molar-refractivity contribution in [3.8, 4) is 5.75 Å². The Bertz CT molecular complexity index is 237. The van der Waals surface area contributed by atoms with Crippen LogP contribution in [-0.4, -0.2) is 12.9 Å². The van der Waals surface area contributed by atoms with E-state index in [4.69, 9.17) is 9.15 Å². The molecule has 54 valence electrons. The predicted molar refractivity (Wildman–Crippen MR) is 35.3 cm³/mol. The molecule has 0 atom stereocenters. The van der Waals surface area contributed by atoms with Crippen LogP contribution in [0.1, 0.15) is 17.5 Å². The zero-order valence-electron chi connectivity index (χ0n) is 5.88. The molecule has 0 aliphatic heterocycles. The van der Waals surface area contributed by atoms with E-state index in [1.165, 1.54) is 20.3 Å². The monoisotopic (exact) mass is 140 g/mol. The van der Waals surface area contributed by atoms with Gasteiger partial charge in [0.25, 0.3) is 0 Å². The van der Waals surface area contributed by atoms with E-state index >= 15 is 0 Å². The number of furan rings is 1. The second-order valence-corrected chi connectivity index (χ2v) is 1.87. The molecular weight excluding hydrogens is 132 g/mol. The van der Waals surface area contributed by atoms with Crippen LogP contribution in [0.15, 0.2) is 16.7 Å². The molecule has 0 aliphatic carbocycles. The first-order valence-corrected chi connectivity index (χ1v) is 2.88. The van der Waals surface area contributed by atoms with Gasteiger partial charge >= 0.3 is 0 Å². The molecule has 1 aromatic heterocycles. The molecule has 0 saturated carbocycles. The van der Waals surface area contributed by atoms with E-state index in [1.54, 1.807) is 6.07 Å². The Kier molecular flexibility index (Phi) is 1.76. The van der Waals surface area contributed by atoms with Gasteiger partial charge in [0.05, 0.1) is 13.4 Å². The molecule has 1 rings (SSSR count). The zero-order chi connectivity index (χ0) is 7.56. The summed E-state index contributed by atoms with van der Waals surface area (Å²) in [6, 6.07) is 1.61. The quantitative estimate of drug-likeness (QED) is 0.584. The molecule has 1 heterocycles. The maximum absolute atomic E-state index is 10.7. The number of carbonyl (C=O) groups excluding carboxylic acids is 1. The average Bonchev–Trinajstić information content (AvgIpc) is 2.33. The lowest BCUT2D eigenvalue weighted by Gasteiger charge is -1.94. The normalized spacial score (nSPS) is 9.40. The molecule has 0 aromatic carbocycles. The number of ether oxygens (including phenoxy) is 1. The van der Waals surface area contributed by atoms with Crippen molar-refractivity contribution in [2.24, 2.45) is 0 Å². The Morgan fingerprint density at radius 2 is 2.40 bits per heavy atom. The van der Waals surface area contributed by atoms with E-state index in [1.807, 2.05) is 0 Å². The van der Waals surface area contributed by atoms with Crippen molar-refractivity contribution in [3.05, 3.63) is 18.1 Å². The lowest BCUT2D eigenvalue weighted by Crippen LogP contribution is -1.92.